The highest BCUT2D eigenvalue weighted by Gasteiger charge is 2.04. The minimum atomic E-state index is -0.292. The number of carbonyl (C=O) groups excluding carboxylic acids is 1. The second kappa shape index (κ2) is 6.80. The minimum absolute atomic E-state index is 0.0565. The third-order valence-corrected chi connectivity index (χ3v) is 2.09. The van der Waals surface area contributed by atoms with E-state index in [0.717, 1.165) is 12.0 Å². The molecule has 86 valence electrons. The van der Waals surface area contributed by atoms with Crippen molar-refractivity contribution in [1.82, 2.24) is 0 Å². The molecule has 0 amide bonds. The van der Waals surface area contributed by atoms with Crippen molar-refractivity contribution in [2.45, 2.75) is 13.3 Å². The molecule has 0 fully saturated rings. The molecular weight excluding hydrogens is 204 g/mol. The van der Waals surface area contributed by atoms with E-state index in [0.29, 0.717) is 12.2 Å². The van der Waals surface area contributed by atoms with Crippen LogP contribution < -0.4 is 0 Å². The Morgan fingerprint density at radius 1 is 1.31 bits per heavy atom. The Hall–Kier alpha value is -1.61. The molecule has 0 aliphatic rings. The Morgan fingerprint density at radius 2 is 2.00 bits per heavy atom. The van der Waals surface area contributed by atoms with Crippen molar-refractivity contribution < 1.29 is 14.6 Å². The third kappa shape index (κ3) is 3.87. The maximum atomic E-state index is 11.3. The van der Waals surface area contributed by atoms with Gasteiger partial charge in [-0.05, 0) is 31.0 Å². The van der Waals surface area contributed by atoms with E-state index < -0.39 is 0 Å². The molecule has 0 unspecified atom stereocenters. The average molecular weight is 220 g/mol. The number of hydrogen-bond donors (Lipinski definition) is 1. The van der Waals surface area contributed by atoms with Gasteiger partial charge in [0.05, 0.1) is 18.8 Å². The zero-order valence-corrected chi connectivity index (χ0v) is 9.35. The lowest BCUT2D eigenvalue weighted by atomic mass is 10.1. The summed E-state index contributed by atoms with van der Waals surface area (Å²) in [7, 11) is 0. The topological polar surface area (TPSA) is 46.5 Å². The van der Waals surface area contributed by atoms with Gasteiger partial charge in [0.15, 0.2) is 0 Å². The minimum Gasteiger partial charge on any atom is -0.462 e. The highest BCUT2D eigenvalue weighted by Crippen LogP contribution is 2.07. The van der Waals surface area contributed by atoms with E-state index >= 15 is 0 Å². The van der Waals surface area contributed by atoms with E-state index in [-0.39, 0.29) is 12.6 Å². The van der Waals surface area contributed by atoms with Crippen molar-refractivity contribution in [2.75, 3.05) is 13.2 Å². The number of hydrogen-bond acceptors (Lipinski definition) is 3. The van der Waals surface area contributed by atoms with Gasteiger partial charge in [0.2, 0.25) is 0 Å². The van der Waals surface area contributed by atoms with Crippen LogP contribution in [0.2, 0.25) is 0 Å². The molecule has 0 atom stereocenters. The van der Waals surface area contributed by atoms with Gasteiger partial charge in [-0.1, -0.05) is 24.3 Å². The Kier molecular flexibility index (Phi) is 5.29. The van der Waals surface area contributed by atoms with Gasteiger partial charge in [-0.15, -0.1) is 0 Å². The van der Waals surface area contributed by atoms with Crippen LogP contribution in [0.25, 0.3) is 0 Å². The molecule has 3 nitrogen and oxygen atoms in total. The predicted molar refractivity (Wildman–Crippen MR) is 62.3 cm³/mol. The molecule has 16 heavy (non-hydrogen) atoms. The van der Waals surface area contributed by atoms with Crippen LogP contribution in [-0.4, -0.2) is 24.3 Å². The van der Waals surface area contributed by atoms with Gasteiger partial charge < -0.3 is 9.84 Å². The first kappa shape index (κ1) is 12.5. The standard InChI is InChI=1S/C13H16O3/c1-2-16-13(15)12-8-6-11(7-9-12)5-3-4-10-14/h3-4,6-9,14H,2,5,10H2,1H3/b4-3+. The molecule has 0 saturated carbocycles. The zero-order chi connectivity index (χ0) is 11.8. The van der Waals surface area contributed by atoms with Crippen LogP contribution in [0.1, 0.15) is 22.8 Å². The van der Waals surface area contributed by atoms with E-state index in [9.17, 15) is 4.79 Å². The SMILES string of the molecule is CCOC(=O)c1ccc(C/C=C/CO)cc1. The van der Waals surface area contributed by atoms with Gasteiger partial charge >= 0.3 is 5.97 Å². The summed E-state index contributed by atoms with van der Waals surface area (Å²) in [6.07, 6.45) is 4.34. The van der Waals surface area contributed by atoms with Crippen molar-refractivity contribution in [1.29, 1.82) is 0 Å². The van der Waals surface area contributed by atoms with E-state index in [2.05, 4.69) is 0 Å². The van der Waals surface area contributed by atoms with Crippen LogP contribution in [0, 0.1) is 0 Å². The summed E-state index contributed by atoms with van der Waals surface area (Å²) in [4.78, 5) is 11.3. The number of benzene rings is 1. The lowest BCUT2D eigenvalue weighted by Gasteiger charge is -2.02. The number of aliphatic hydroxyl groups excluding tert-OH is 1. The monoisotopic (exact) mass is 220 g/mol. The lowest BCUT2D eigenvalue weighted by molar-refractivity contribution is 0.0526. The highest BCUT2D eigenvalue weighted by atomic mass is 16.5. The van der Waals surface area contributed by atoms with Gasteiger partial charge in [-0.25, -0.2) is 4.79 Å². The Balaban J connectivity index is 2.60. The molecule has 0 aliphatic carbocycles. The highest BCUT2D eigenvalue weighted by molar-refractivity contribution is 5.89. The smallest absolute Gasteiger partial charge is 0.338 e. The third-order valence-electron chi connectivity index (χ3n) is 2.09. The Labute approximate surface area is 95.4 Å². The molecule has 0 spiro atoms. The van der Waals surface area contributed by atoms with Crippen LogP contribution in [0.3, 0.4) is 0 Å². The fourth-order valence-corrected chi connectivity index (χ4v) is 1.29. The Bertz CT molecular complexity index is 352. The summed E-state index contributed by atoms with van der Waals surface area (Å²) < 4.78 is 4.88. The molecule has 0 bridgehead atoms. The van der Waals surface area contributed by atoms with Gasteiger partial charge in [0, 0.05) is 0 Å². The summed E-state index contributed by atoms with van der Waals surface area (Å²) >= 11 is 0. The first-order valence-corrected chi connectivity index (χ1v) is 5.30. The molecule has 0 heterocycles. The summed E-state index contributed by atoms with van der Waals surface area (Å²) in [5, 5.41) is 8.57. The van der Waals surface area contributed by atoms with Gasteiger partial charge in [0.1, 0.15) is 0 Å². The van der Waals surface area contributed by atoms with E-state index in [1.807, 2.05) is 18.2 Å². The number of rotatable bonds is 5. The molecule has 0 saturated heterocycles. The largest absolute Gasteiger partial charge is 0.462 e. The van der Waals surface area contributed by atoms with Crippen molar-refractivity contribution in [3.05, 3.63) is 47.5 Å². The van der Waals surface area contributed by atoms with Crippen LogP contribution >= 0.6 is 0 Å². The lowest BCUT2D eigenvalue weighted by Crippen LogP contribution is -2.04. The first-order valence-electron chi connectivity index (χ1n) is 5.30. The number of aliphatic hydroxyl groups is 1. The number of allylic oxidation sites excluding steroid dienone is 1. The second-order valence-electron chi connectivity index (χ2n) is 3.28. The van der Waals surface area contributed by atoms with Crippen molar-refractivity contribution in [3.8, 4) is 0 Å². The van der Waals surface area contributed by atoms with Crippen LogP contribution in [-0.2, 0) is 11.2 Å². The van der Waals surface area contributed by atoms with E-state index in [1.165, 1.54) is 0 Å². The van der Waals surface area contributed by atoms with Crippen molar-refractivity contribution in [3.63, 3.8) is 0 Å². The Morgan fingerprint density at radius 3 is 2.56 bits per heavy atom. The average Bonchev–Trinajstić information content (AvgIpc) is 2.30. The molecule has 0 radical (unpaired) electrons. The van der Waals surface area contributed by atoms with Crippen LogP contribution in [0.15, 0.2) is 36.4 Å². The summed E-state index contributed by atoms with van der Waals surface area (Å²) in [5.41, 5.74) is 1.66. The second-order valence-corrected chi connectivity index (χ2v) is 3.28. The van der Waals surface area contributed by atoms with Crippen molar-refractivity contribution in [2.24, 2.45) is 0 Å². The predicted octanol–water partition coefficient (Wildman–Crippen LogP) is 1.95. The van der Waals surface area contributed by atoms with Crippen molar-refractivity contribution >= 4 is 5.97 Å². The molecule has 3 heteroatoms. The number of ether oxygens (including phenoxy) is 1. The van der Waals surface area contributed by atoms with E-state index in [4.69, 9.17) is 9.84 Å². The summed E-state index contributed by atoms with van der Waals surface area (Å²) in [6, 6.07) is 7.27. The summed E-state index contributed by atoms with van der Waals surface area (Å²) in [6.45, 7) is 2.23. The quantitative estimate of drug-likeness (QED) is 0.609. The molecule has 1 aromatic rings. The first-order chi connectivity index (χ1) is 7.77. The fourth-order valence-electron chi connectivity index (χ4n) is 1.29. The van der Waals surface area contributed by atoms with Gasteiger partial charge in [-0.3, -0.25) is 0 Å². The van der Waals surface area contributed by atoms with Crippen LogP contribution in [0.4, 0.5) is 0 Å². The fraction of sp³-hybridized carbons (Fsp3) is 0.308. The number of carbonyl (C=O) groups is 1. The van der Waals surface area contributed by atoms with E-state index in [1.54, 1.807) is 25.1 Å². The molecular formula is C13H16O3. The molecule has 0 aliphatic heterocycles. The maximum Gasteiger partial charge on any atom is 0.338 e. The van der Waals surface area contributed by atoms with Gasteiger partial charge in [0.25, 0.3) is 0 Å². The molecule has 1 N–H and O–H groups in total. The molecule has 0 aromatic heterocycles. The zero-order valence-electron chi connectivity index (χ0n) is 9.35. The summed E-state index contributed by atoms with van der Waals surface area (Å²) in [5.74, 6) is -0.292. The van der Waals surface area contributed by atoms with Crippen LogP contribution in [0.5, 0.6) is 0 Å². The maximum absolute atomic E-state index is 11.3. The van der Waals surface area contributed by atoms with Gasteiger partial charge in [-0.2, -0.15) is 0 Å². The normalized spacial score (nSPS) is 10.6. The molecule has 1 rings (SSSR count). The molecule has 1 aromatic carbocycles. The number of esters is 1.